The van der Waals surface area contributed by atoms with E-state index in [9.17, 15) is 4.39 Å². The van der Waals surface area contributed by atoms with Gasteiger partial charge in [0.05, 0.1) is 0 Å². The minimum absolute atomic E-state index is 0.225. The van der Waals surface area contributed by atoms with Crippen LogP contribution in [0, 0.1) is 12.7 Å². The van der Waals surface area contributed by atoms with Crippen molar-refractivity contribution in [2.75, 3.05) is 11.4 Å². The van der Waals surface area contributed by atoms with E-state index in [1.807, 2.05) is 0 Å². The molecule has 3 rings (SSSR count). The van der Waals surface area contributed by atoms with Crippen LogP contribution in [0.2, 0.25) is 5.02 Å². The van der Waals surface area contributed by atoms with Crippen molar-refractivity contribution in [3.8, 4) is 0 Å². The van der Waals surface area contributed by atoms with Crippen LogP contribution in [-0.4, -0.2) is 6.54 Å². The van der Waals surface area contributed by atoms with Gasteiger partial charge < -0.3 is 4.90 Å². The van der Waals surface area contributed by atoms with E-state index >= 15 is 0 Å². The lowest BCUT2D eigenvalue weighted by molar-refractivity contribution is 0.598. The Hall–Kier alpha value is -1.54. The highest BCUT2D eigenvalue weighted by Gasteiger charge is 2.19. The molecule has 0 saturated carbocycles. The standard InChI is InChI=1S/C17H17ClFN/c1-12-7-8-17-13(10-12)4-3-9-20(17)11-14-15(18)5-2-6-16(14)19/h2,5-8,10H,3-4,9,11H2,1H3. The normalized spacial score (nSPS) is 14.2. The zero-order chi connectivity index (χ0) is 14.1. The van der Waals surface area contributed by atoms with Crippen molar-refractivity contribution in [3.63, 3.8) is 0 Å². The summed E-state index contributed by atoms with van der Waals surface area (Å²) >= 11 is 6.13. The Morgan fingerprint density at radius 1 is 1.25 bits per heavy atom. The summed E-state index contributed by atoms with van der Waals surface area (Å²) in [4.78, 5) is 2.22. The molecule has 0 aliphatic carbocycles. The highest BCUT2D eigenvalue weighted by molar-refractivity contribution is 6.31. The number of anilines is 1. The van der Waals surface area contributed by atoms with Crippen LogP contribution in [0.4, 0.5) is 10.1 Å². The van der Waals surface area contributed by atoms with E-state index in [1.54, 1.807) is 12.1 Å². The summed E-state index contributed by atoms with van der Waals surface area (Å²) in [6, 6.07) is 11.3. The van der Waals surface area contributed by atoms with Gasteiger partial charge in [0.15, 0.2) is 0 Å². The molecule has 2 aromatic carbocycles. The minimum Gasteiger partial charge on any atom is -0.367 e. The maximum absolute atomic E-state index is 13.9. The lowest BCUT2D eigenvalue weighted by Gasteiger charge is -2.32. The second-order valence-electron chi connectivity index (χ2n) is 5.36. The molecule has 0 unspecified atom stereocenters. The number of fused-ring (bicyclic) bond motifs is 1. The summed E-state index contributed by atoms with van der Waals surface area (Å²) < 4.78 is 13.9. The molecule has 0 N–H and O–H groups in total. The van der Waals surface area contributed by atoms with Crippen LogP contribution in [-0.2, 0) is 13.0 Å². The smallest absolute Gasteiger partial charge is 0.129 e. The number of aryl methyl sites for hydroxylation is 2. The van der Waals surface area contributed by atoms with Crippen LogP contribution in [0.3, 0.4) is 0 Å². The third-order valence-corrected chi connectivity index (χ3v) is 4.21. The molecular formula is C17H17ClFN. The van der Waals surface area contributed by atoms with E-state index in [0.29, 0.717) is 17.1 Å². The molecule has 0 atom stereocenters. The van der Waals surface area contributed by atoms with E-state index < -0.39 is 0 Å². The number of benzene rings is 2. The number of hydrogen-bond acceptors (Lipinski definition) is 1. The number of nitrogens with zero attached hydrogens (tertiary/aromatic N) is 1. The monoisotopic (exact) mass is 289 g/mol. The second kappa shape index (κ2) is 5.45. The maximum atomic E-state index is 13.9. The van der Waals surface area contributed by atoms with Gasteiger partial charge in [-0.25, -0.2) is 4.39 Å². The van der Waals surface area contributed by atoms with Crippen molar-refractivity contribution in [1.29, 1.82) is 0 Å². The predicted octanol–water partition coefficient (Wildman–Crippen LogP) is 4.74. The molecule has 1 aliphatic rings. The van der Waals surface area contributed by atoms with Gasteiger partial charge in [-0.05, 0) is 43.5 Å². The van der Waals surface area contributed by atoms with Crippen molar-refractivity contribution in [3.05, 3.63) is 63.9 Å². The molecule has 0 saturated heterocycles. The topological polar surface area (TPSA) is 3.24 Å². The molecule has 104 valence electrons. The van der Waals surface area contributed by atoms with Crippen molar-refractivity contribution in [2.24, 2.45) is 0 Å². The quantitative estimate of drug-likeness (QED) is 0.772. The van der Waals surface area contributed by atoms with Crippen molar-refractivity contribution in [2.45, 2.75) is 26.3 Å². The van der Waals surface area contributed by atoms with E-state index in [2.05, 4.69) is 30.0 Å². The third-order valence-electron chi connectivity index (χ3n) is 3.86. The Bertz CT molecular complexity index is 619. The van der Waals surface area contributed by atoms with Crippen LogP contribution >= 0.6 is 11.6 Å². The van der Waals surface area contributed by atoms with Gasteiger partial charge in [-0.3, -0.25) is 0 Å². The maximum Gasteiger partial charge on any atom is 0.129 e. The molecule has 0 fully saturated rings. The summed E-state index contributed by atoms with van der Waals surface area (Å²) in [6.45, 7) is 3.58. The molecule has 3 heteroatoms. The Kier molecular flexibility index (Phi) is 3.66. The Balaban J connectivity index is 1.94. The lowest BCUT2D eigenvalue weighted by atomic mass is 9.99. The first-order valence-electron chi connectivity index (χ1n) is 6.92. The first-order valence-corrected chi connectivity index (χ1v) is 7.30. The van der Waals surface area contributed by atoms with Crippen LogP contribution in [0.15, 0.2) is 36.4 Å². The van der Waals surface area contributed by atoms with Crippen LogP contribution in [0.25, 0.3) is 0 Å². The summed E-state index contributed by atoms with van der Waals surface area (Å²) in [6.07, 6.45) is 2.20. The largest absolute Gasteiger partial charge is 0.367 e. The zero-order valence-electron chi connectivity index (χ0n) is 11.5. The molecule has 1 nitrogen and oxygen atoms in total. The van der Waals surface area contributed by atoms with E-state index in [-0.39, 0.29) is 5.82 Å². The van der Waals surface area contributed by atoms with Gasteiger partial charge in [0.25, 0.3) is 0 Å². The average molecular weight is 290 g/mol. The van der Waals surface area contributed by atoms with Crippen molar-refractivity contribution >= 4 is 17.3 Å². The molecule has 0 bridgehead atoms. The SMILES string of the molecule is Cc1ccc2c(c1)CCCN2Cc1c(F)cccc1Cl. The lowest BCUT2D eigenvalue weighted by Crippen LogP contribution is -2.29. The Morgan fingerprint density at radius 2 is 2.10 bits per heavy atom. The zero-order valence-corrected chi connectivity index (χ0v) is 12.3. The fourth-order valence-electron chi connectivity index (χ4n) is 2.84. The number of rotatable bonds is 2. The fraction of sp³-hybridized carbons (Fsp3) is 0.294. The summed E-state index contributed by atoms with van der Waals surface area (Å²) in [7, 11) is 0. The predicted molar refractivity (Wildman–Crippen MR) is 82.0 cm³/mol. The van der Waals surface area contributed by atoms with Crippen molar-refractivity contribution in [1.82, 2.24) is 0 Å². The van der Waals surface area contributed by atoms with Gasteiger partial charge in [-0.2, -0.15) is 0 Å². The second-order valence-corrected chi connectivity index (χ2v) is 5.76. The first-order chi connectivity index (χ1) is 9.65. The highest BCUT2D eigenvalue weighted by atomic mass is 35.5. The average Bonchev–Trinajstić information content (AvgIpc) is 2.42. The molecule has 1 aliphatic heterocycles. The van der Waals surface area contributed by atoms with E-state index in [1.165, 1.54) is 22.9 Å². The van der Waals surface area contributed by atoms with Crippen LogP contribution in [0.5, 0.6) is 0 Å². The van der Waals surface area contributed by atoms with E-state index in [0.717, 1.165) is 19.4 Å². The van der Waals surface area contributed by atoms with Gasteiger partial charge in [-0.1, -0.05) is 35.4 Å². The fourth-order valence-corrected chi connectivity index (χ4v) is 3.07. The molecule has 0 radical (unpaired) electrons. The molecule has 0 amide bonds. The summed E-state index contributed by atoms with van der Waals surface area (Å²) in [5.41, 5.74) is 4.42. The van der Waals surface area contributed by atoms with Gasteiger partial charge in [-0.15, -0.1) is 0 Å². The van der Waals surface area contributed by atoms with Gasteiger partial charge in [0.2, 0.25) is 0 Å². The van der Waals surface area contributed by atoms with Crippen LogP contribution < -0.4 is 4.90 Å². The van der Waals surface area contributed by atoms with E-state index in [4.69, 9.17) is 11.6 Å². The number of hydrogen-bond donors (Lipinski definition) is 0. The highest BCUT2D eigenvalue weighted by Crippen LogP contribution is 2.31. The van der Waals surface area contributed by atoms with Gasteiger partial charge in [0, 0.05) is 29.4 Å². The molecule has 0 spiro atoms. The summed E-state index contributed by atoms with van der Waals surface area (Å²) in [5.74, 6) is -0.225. The number of halogens is 2. The molecule has 1 heterocycles. The Morgan fingerprint density at radius 3 is 2.90 bits per heavy atom. The minimum atomic E-state index is -0.225. The van der Waals surface area contributed by atoms with Gasteiger partial charge >= 0.3 is 0 Å². The van der Waals surface area contributed by atoms with Crippen LogP contribution in [0.1, 0.15) is 23.1 Å². The molecular weight excluding hydrogens is 273 g/mol. The third kappa shape index (κ3) is 2.53. The first kappa shape index (κ1) is 13.4. The molecule has 2 aromatic rings. The summed E-state index contributed by atoms with van der Waals surface area (Å²) in [5, 5.41) is 0.504. The Labute approximate surface area is 124 Å². The molecule has 20 heavy (non-hydrogen) atoms. The molecule has 0 aromatic heterocycles. The van der Waals surface area contributed by atoms with Gasteiger partial charge in [0.1, 0.15) is 5.82 Å². The van der Waals surface area contributed by atoms with Crippen molar-refractivity contribution < 1.29 is 4.39 Å².